The molecule has 0 aliphatic carbocycles. The summed E-state index contributed by atoms with van der Waals surface area (Å²) in [5.74, 6) is -0.469. The van der Waals surface area contributed by atoms with Crippen LogP contribution in [0.3, 0.4) is 0 Å². The second kappa shape index (κ2) is 5.71. The van der Waals surface area contributed by atoms with E-state index >= 15 is 0 Å². The zero-order valence-corrected chi connectivity index (χ0v) is 10.4. The van der Waals surface area contributed by atoms with Crippen molar-refractivity contribution in [2.45, 2.75) is 6.92 Å². The normalized spacial score (nSPS) is 16.4. The molecule has 0 saturated carbocycles. The average molecular weight is 249 g/mol. The second-order valence-corrected chi connectivity index (χ2v) is 4.25. The largest absolute Gasteiger partial charge is 0.369 e. The van der Waals surface area contributed by atoms with E-state index in [0.29, 0.717) is 0 Å². The Morgan fingerprint density at radius 2 is 2.06 bits per heavy atom. The number of benzene rings is 1. The first kappa shape index (κ1) is 12.7. The molecule has 0 radical (unpaired) electrons. The van der Waals surface area contributed by atoms with Crippen molar-refractivity contribution >= 4 is 11.4 Å². The van der Waals surface area contributed by atoms with Gasteiger partial charge in [0.15, 0.2) is 0 Å². The number of hydrogen-bond donors (Lipinski definition) is 0. The van der Waals surface area contributed by atoms with E-state index in [9.17, 15) is 4.39 Å². The van der Waals surface area contributed by atoms with Gasteiger partial charge in [-0.2, -0.15) is 0 Å². The molecule has 1 aliphatic rings. The van der Waals surface area contributed by atoms with E-state index in [-0.39, 0.29) is 5.69 Å². The minimum atomic E-state index is -0.469. The molecule has 0 unspecified atom stereocenters. The summed E-state index contributed by atoms with van der Waals surface area (Å²) in [5.41, 5.74) is 9.19. The zero-order chi connectivity index (χ0) is 13.0. The first-order valence-corrected chi connectivity index (χ1v) is 6.06. The smallest absolute Gasteiger partial charge is 0.134 e. The highest BCUT2D eigenvalue weighted by molar-refractivity contribution is 5.54. The molecule has 0 N–H and O–H groups in total. The third-order valence-electron chi connectivity index (χ3n) is 3.27. The SMILES string of the molecule is CCN1CCN(c2ccc(N=[N+]=[N-])c(F)c2)CC1. The number of likely N-dealkylation sites (N-methyl/N-ethyl adjacent to an activating group) is 1. The van der Waals surface area contributed by atoms with Gasteiger partial charge < -0.3 is 9.80 Å². The molecular formula is C12H16FN5. The molecule has 0 aromatic heterocycles. The van der Waals surface area contributed by atoms with Crippen LogP contribution >= 0.6 is 0 Å². The highest BCUT2D eigenvalue weighted by Gasteiger charge is 2.16. The number of piperazine rings is 1. The van der Waals surface area contributed by atoms with Gasteiger partial charge in [-0.25, -0.2) is 4.39 Å². The van der Waals surface area contributed by atoms with Gasteiger partial charge in [-0.15, -0.1) is 0 Å². The molecule has 1 heterocycles. The van der Waals surface area contributed by atoms with Crippen molar-refractivity contribution in [2.75, 3.05) is 37.6 Å². The Kier molecular flexibility index (Phi) is 4.02. The van der Waals surface area contributed by atoms with Crippen LogP contribution in [0.5, 0.6) is 0 Å². The standard InChI is InChI=1S/C12H16FN5/c1-2-17-5-7-18(8-6-17)10-3-4-12(15-16-14)11(13)9-10/h3-4,9H,2,5-8H2,1H3. The highest BCUT2D eigenvalue weighted by Crippen LogP contribution is 2.25. The van der Waals surface area contributed by atoms with E-state index in [4.69, 9.17) is 5.53 Å². The summed E-state index contributed by atoms with van der Waals surface area (Å²) in [6.07, 6.45) is 0. The quantitative estimate of drug-likeness (QED) is 0.470. The predicted molar refractivity (Wildman–Crippen MR) is 69.5 cm³/mol. The van der Waals surface area contributed by atoms with Crippen molar-refractivity contribution in [1.29, 1.82) is 0 Å². The maximum absolute atomic E-state index is 13.6. The lowest BCUT2D eigenvalue weighted by molar-refractivity contribution is 0.271. The fourth-order valence-corrected chi connectivity index (χ4v) is 2.14. The lowest BCUT2D eigenvalue weighted by Gasteiger charge is -2.35. The molecule has 2 rings (SSSR count). The van der Waals surface area contributed by atoms with Gasteiger partial charge in [0, 0.05) is 36.8 Å². The van der Waals surface area contributed by atoms with E-state index in [1.54, 1.807) is 6.07 Å². The maximum atomic E-state index is 13.6. The van der Waals surface area contributed by atoms with Crippen LogP contribution in [0.1, 0.15) is 6.92 Å². The zero-order valence-electron chi connectivity index (χ0n) is 10.4. The van der Waals surface area contributed by atoms with Gasteiger partial charge in [-0.05, 0) is 30.3 Å². The molecule has 1 fully saturated rings. The molecule has 1 aliphatic heterocycles. The van der Waals surface area contributed by atoms with Crippen molar-refractivity contribution in [2.24, 2.45) is 5.11 Å². The molecule has 0 atom stereocenters. The van der Waals surface area contributed by atoms with Crippen LogP contribution in [0.15, 0.2) is 23.3 Å². The number of hydrogen-bond acceptors (Lipinski definition) is 3. The van der Waals surface area contributed by atoms with Crippen molar-refractivity contribution in [3.8, 4) is 0 Å². The maximum Gasteiger partial charge on any atom is 0.134 e. The highest BCUT2D eigenvalue weighted by atomic mass is 19.1. The Morgan fingerprint density at radius 1 is 1.33 bits per heavy atom. The van der Waals surface area contributed by atoms with Crippen molar-refractivity contribution in [1.82, 2.24) is 4.90 Å². The van der Waals surface area contributed by atoms with Crippen LogP contribution in [0.25, 0.3) is 10.4 Å². The van der Waals surface area contributed by atoms with E-state index in [0.717, 1.165) is 38.4 Å². The average Bonchev–Trinajstić information content (AvgIpc) is 2.41. The molecule has 96 valence electrons. The first-order valence-electron chi connectivity index (χ1n) is 6.06. The summed E-state index contributed by atoms with van der Waals surface area (Å²) in [6.45, 7) is 6.98. The summed E-state index contributed by atoms with van der Waals surface area (Å²) in [4.78, 5) is 7.10. The Hall–Kier alpha value is -1.78. The second-order valence-electron chi connectivity index (χ2n) is 4.25. The lowest BCUT2D eigenvalue weighted by atomic mass is 10.2. The third-order valence-corrected chi connectivity index (χ3v) is 3.27. The Bertz CT molecular complexity index is 462. The van der Waals surface area contributed by atoms with Gasteiger partial charge in [-0.1, -0.05) is 12.0 Å². The topological polar surface area (TPSA) is 55.2 Å². The molecule has 6 heteroatoms. The number of halogens is 1. The molecule has 1 aromatic carbocycles. The van der Waals surface area contributed by atoms with Crippen LogP contribution in [0.4, 0.5) is 15.8 Å². The summed E-state index contributed by atoms with van der Waals surface area (Å²) in [7, 11) is 0. The Labute approximate surface area is 105 Å². The summed E-state index contributed by atoms with van der Waals surface area (Å²) >= 11 is 0. The van der Waals surface area contributed by atoms with E-state index in [1.165, 1.54) is 12.1 Å². The van der Waals surface area contributed by atoms with Crippen LogP contribution in [0.2, 0.25) is 0 Å². The molecule has 0 spiro atoms. The predicted octanol–water partition coefficient (Wildman–Crippen LogP) is 2.91. The van der Waals surface area contributed by atoms with Crippen molar-refractivity contribution < 1.29 is 4.39 Å². The first-order chi connectivity index (χ1) is 8.74. The number of anilines is 1. The molecule has 0 bridgehead atoms. The van der Waals surface area contributed by atoms with Crippen molar-refractivity contribution in [3.63, 3.8) is 0 Å². The Morgan fingerprint density at radius 3 is 2.61 bits per heavy atom. The summed E-state index contributed by atoms with van der Waals surface area (Å²) < 4.78 is 13.6. The number of azide groups is 1. The van der Waals surface area contributed by atoms with Gasteiger partial charge >= 0.3 is 0 Å². The Balaban J connectivity index is 2.10. The van der Waals surface area contributed by atoms with Gasteiger partial charge in [0.25, 0.3) is 0 Å². The lowest BCUT2D eigenvalue weighted by Crippen LogP contribution is -2.46. The molecule has 5 nitrogen and oxygen atoms in total. The molecule has 1 aromatic rings. The van der Waals surface area contributed by atoms with Gasteiger partial charge in [0.2, 0.25) is 0 Å². The van der Waals surface area contributed by atoms with Gasteiger partial charge in [-0.3, -0.25) is 0 Å². The molecule has 0 amide bonds. The fourth-order valence-electron chi connectivity index (χ4n) is 2.14. The third kappa shape index (κ3) is 2.72. The van der Waals surface area contributed by atoms with Crippen LogP contribution < -0.4 is 4.90 Å². The van der Waals surface area contributed by atoms with Gasteiger partial charge in [0.05, 0.1) is 5.69 Å². The van der Waals surface area contributed by atoms with Crippen LogP contribution in [0, 0.1) is 5.82 Å². The van der Waals surface area contributed by atoms with Crippen molar-refractivity contribution in [3.05, 3.63) is 34.5 Å². The van der Waals surface area contributed by atoms with Crippen LogP contribution in [-0.4, -0.2) is 37.6 Å². The molecule has 18 heavy (non-hydrogen) atoms. The number of nitrogens with zero attached hydrogens (tertiary/aromatic N) is 5. The molecule has 1 saturated heterocycles. The van der Waals surface area contributed by atoms with Crippen LogP contribution in [-0.2, 0) is 0 Å². The number of rotatable bonds is 3. The summed E-state index contributed by atoms with van der Waals surface area (Å²) in [6, 6.07) is 4.76. The minimum Gasteiger partial charge on any atom is -0.369 e. The van der Waals surface area contributed by atoms with Gasteiger partial charge in [0.1, 0.15) is 5.82 Å². The van der Waals surface area contributed by atoms with E-state index in [1.807, 2.05) is 0 Å². The molecular weight excluding hydrogens is 233 g/mol. The summed E-state index contributed by atoms with van der Waals surface area (Å²) in [5, 5.41) is 3.30. The monoisotopic (exact) mass is 249 g/mol. The van der Waals surface area contributed by atoms with E-state index in [2.05, 4.69) is 26.7 Å². The van der Waals surface area contributed by atoms with E-state index < -0.39 is 5.82 Å². The fraction of sp³-hybridized carbons (Fsp3) is 0.500. The minimum absolute atomic E-state index is 0.0495.